The molecule has 0 fully saturated rings. The average molecular weight is 332 g/mol. The quantitative estimate of drug-likeness (QED) is 0.734. The molecular weight excluding hydrogens is 318 g/mol. The van der Waals surface area contributed by atoms with Gasteiger partial charge in [-0.25, -0.2) is 4.79 Å². The molecule has 2 aromatic heterocycles. The Morgan fingerprint density at radius 3 is 2.74 bits per heavy atom. The molecule has 0 radical (unpaired) electrons. The molecule has 0 spiro atoms. The van der Waals surface area contributed by atoms with E-state index in [4.69, 9.17) is 16.3 Å². The summed E-state index contributed by atoms with van der Waals surface area (Å²) in [7, 11) is 0. The van der Waals surface area contributed by atoms with Gasteiger partial charge in [0.05, 0.1) is 6.54 Å². The Morgan fingerprint density at radius 1 is 1.26 bits per heavy atom. The Labute approximate surface area is 137 Å². The van der Waals surface area contributed by atoms with Crippen LogP contribution in [0.5, 0.6) is 0 Å². The first-order valence-corrected chi connectivity index (χ1v) is 7.31. The van der Waals surface area contributed by atoms with Gasteiger partial charge >= 0.3 is 6.09 Å². The van der Waals surface area contributed by atoms with Crippen molar-refractivity contribution in [2.45, 2.75) is 20.1 Å². The van der Waals surface area contributed by atoms with Crippen LogP contribution >= 0.6 is 11.6 Å². The van der Waals surface area contributed by atoms with Crippen LogP contribution in [0.25, 0.3) is 0 Å². The Kier molecular flexibility index (Phi) is 4.38. The molecule has 0 aliphatic carbocycles. The largest absolute Gasteiger partial charge is 0.444 e. The number of hydrogen-bond donors (Lipinski definition) is 0. The summed E-state index contributed by atoms with van der Waals surface area (Å²) in [6.07, 6.45) is 2.83. The van der Waals surface area contributed by atoms with Crippen LogP contribution in [0.3, 0.4) is 0 Å². The highest BCUT2D eigenvalue weighted by Crippen LogP contribution is 2.18. The molecule has 0 saturated heterocycles. The van der Waals surface area contributed by atoms with Crippen molar-refractivity contribution in [1.82, 2.24) is 24.8 Å². The Bertz CT molecular complexity index is 813. The fourth-order valence-corrected chi connectivity index (χ4v) is 2.29. The highest BCUT2D eigenvalue weighted by molar-refractivity contribution is 6.30. The summed E-state index contributed by atoms with van der Waals surface area (Å²) < 4.78 is 6.68. The molecule has 0 unspecified atom stereocenters. The number of tetrazole rings is 1. The lowest BCUT2D eigenvalue weighted by atomic mass is 10.1. The number of carbonyl (C=O) groups excluding carboxylic acids is 1. The molecule has 0 saturated carbocycles. The molecule has 0 amide bonds. The molecule has 0 N–H and O–H groups in total. The van der Waals surface area contributed by atoms with Crippen molar-refractivity contribution >= 4 is 17.7 Å². The monoisotopic (exact) mass is 331 g/mol. The Morgan fingerprint density at radius 2 is 2.04 bits per heavy atom. The van der Waals surface area contributed by atoms with Crippen LogP contribution in [-0.2, 0) is 17.9 Å². The molecule has 3 aromatic rings. The molecule has 0 aliphatic heterocycles. The van der Waals surface area contributed by atoms with Crippen LogP contribution in [0.4, 0.5) is 4.79 Å². The lowest BCUT2D eigenvalue weighted by Crippen LogP contribution is -2.13. The summed E-state index contributed by atoms with van der Waals surface area (Å²) in [4.78, 5) is 13.4. The number of ether oxygens (including phenoxy) is 1. The fourth-order valence-electron chi connectivity index (χ4n) is 2.10. The summed E-state index contributed by atoms with van der Waals surface area (Å²) in [5.74, 6) is 0.590. The SMILES string of the molecule is Cc1nnn(Cc2cc(Cl)ccc2COC(=O)n2cccc2)n1. The molecule has 118 valence electrons. The van der Waals surface area contributed by atoms with Crippen molar-refractivity contribution in [3.05, 3.63) is 64.7 Å². The van der Waals surface area contributed by atoms with Gasteiger partial charge in [0.2, 0.25) is 0 Å². The second kappa shape index (κ2) is 6.62. The normalized spacial score (nSPS) is 10.7. The number of hydrogen-bond acceptors (Lipinski definition) is 5. The number of nitrogens with zero attached hydrogens (tertiary/aromatic N) is 5. The van der Waals surface area contributed by atoms with Crippen molar-refractivity contribution in [2.24, 2.45) is 0 Å². The number of aryl methyl sites for hydroxylation is 1. The van der Waals surface area contributed by atoms with Crippen LogP contribution < -0.4 is 0 Å². The highest BCUT2D eigenvalue weighted by Gasteiger charge is 2.10. The van der Waals surface area contributed by atoms with E-state index in [0.29, 0.717) is 17.4 Å². The molecule has 8 heteroatoms. The zero-order chi connectivity index (χ0) is 16.2. The summed E-state index contributed by atoms with van der Waals surface area (Å²) in [5, 5.41) is 12.5. The van der Waals surface area contributed by atoms with Gasteiger partial charge in [0.15, 0.2) is 5.82 Å². The molecule has 3 rings (SSSR count). The number of rotatable bonds is 4. The van der Waals surface area contributed by atoms with Crippen LogP contribution in [0.2, 0.25) is 5.02 Å². The zero-order valence-corrected chi connectivity index (χ0v) is 13.1. The maximum absolute atomic E-state index is 11.9. The fraction of sp³-hybridized carbons (Fsp3) is 0.200. The van der Waals surface area contributed by atoms with E-state index in [1.165, 1.54) is 9.36 Å². The number of benzene rings is 1. The first-order chi connectivity index (χ1) is 11.1. The van der Waals surface area contributed by atoms with Crippen LogP contribution in [0, 0.1) is 6.92 Å². The second-order valence-corrected chi connectivity index (χ2v) is 5.36. The Hall–Kier alpha value is -2.67. The predicted molar refractivity (Wildman–Crippen MR) is 83.1 cm³/mol. The van der Waals surface area contributed by atoms with Gasteiger partial charge in [0, 0.05) is 17.4 Å². The third-order valence-electron chi connectivity index (χ3n) is 3.20. The minimum atomic E-state index is -0.439. The smallest absolute Gasteiger partial charge is 0.418 e. The molecule has 23 heavy (non-hydrogen) atoms. The van der Waals surface area contributed by atoms with Gasteiger partial charge < -0.3 is 4.74 Å². The maximum Gasteiger partial charge on any atom is 0.418 e. The topological polar surface area (TPSA) is 74.8 Å². The molecule has 1 aromatic carbocycles. The molecule has 0 atom stereocenters. The van der Waals surface area contributed by atoms with Gasteiger partial charge in [-0.05, 0) is 47.5 Å². The summed E-state index contributed by atoms with van der Waals surface area (Å²) in [5.41, 5.74) is 1.71. The van der Waals surface area contributed by atoms with Gasteiger partial charge in [-0.3, -0.25) is 4.57 Å². The predicted octanol–water partition coefficient (Wildman–Crippen LogP) is 2.67. The van der Waals surface area contributed by atoms with Crippen molar-refractivity contribution in [3.8, 4) is 0 Å². The summed E-state index contributed by atoms with van der Waals surface area (Å²) in [6.45, 7) is 2.30. The third kappa shape index (κ3) is 3.75. The maximum atomic E-state index is 11.9. The minimum absolute atomic E-state index is 0.136. The second-order valence-electron chi connectivity index (χ2n) is 4.92. The number of aromatic nitrogens is 5. The van der Waals surface area contributed by atoms with Crippen molar-refractivity contribution in [1.29, 1.82) is 0 Å². The van der Waals surface area contributed by atoms with E-state index in [0.717, 1.165) is 11.1 Å². The van der Waals surface area contributed by atoms with Crippen LogP contribution in [0.15, 0.2) is 42.7 Å². The average Bonchev–Trinajstić information content (AvgIpc) is 3.18. The van der Waals surface area contributed by atoms with E-state index < -0.39 is 6.09 Å². The lowest BCUT2D eigenvalue weighted by molar-refractivity contribution is 0.141. The number of halogens is 1. The molecule has 0 bridgehead atoms. The zero-order valence-electron chi connectivity index (χ0n) is 12.4. The van der Waals surface area contributed by atoms with Gasteiger partial charge in [0.1, 0.15) is 6.61 Å². The van der Waals surface area contributed by atoms with E-state index in [9.17, 15) is 4.79 Å². The molecule has 7 nitrogen and oxygen atoms in total. The van der Waals surface area contributed by atoms with Crippen molar-refractivity contribution in [3.63, 3.8) is 0 Å². The number of carbonyl (C=O) groups is 1. The first-order valence-electron chi connectivity index (χ1n) is 6.93. The van der Waals surface area contributed by atoms with E-state index in [1.54, 1.807) is 43.6 Å². The van der Waals surface area contributed by atoms with Gasteiger partial charge in [-0.2, -0.15) is 4.80 Å². The first kappa shape index (κ1) is 15.2. The third-order valence-corrected chi connectivity index (χ3v) is 3.43. The summed E-state index contributed by atoms with van der Waals surface area (Å²) in [6, 6.07) is 8.90. The van der Waals surface area contributed by atoms with E-state index >= 15 is 0 Å². The lowest BCUT2D eigenvalue weighted by Gasteiger charge is -2.10. The standard InChI is InChI=1S/C15H14ClN5O2/c1-11-17-19-21(18-11)9-13-8-14(16)5-4-12(13)10-23-15(22)20-6-2-3-7-20/h2-8H,9-10H2,1H3. The van der Waals surface area contributed by atoms with E-state index in [-0.39, 0.29) is 6.61 Å². The van der Waals surface area contributed by atoms with Crippen molar-refractivity contribution < 1.29 is 9.53 Å². The summed E-state index contributed by atoms with van der Waals surface area (Å²) >= 11 is 6.05. The Balaban J connectivity index is 1.74. The van der Waals surface area contributed by atoms with Gasteiger partial charge in [-0.15, -0.1) is 10.2 Å². The van der Waals surface area contributed by atoms with Crippen LogP contribution in [-0.4, -0.2) is 30.9 Å². The van der Waals surface area contributed by atoms with Crippen molar-refractivity contribution in [2.75, 3.05) is 0 Å². The molecular formula is C15H14ClN5O2. The van der Waals surface area contributed by atoms with E-state index in [2.05, 4.69) is 15.4 Å². The minimum Gasteiger partial charge on any atom is -0.444 e. The van der Waals surface area contributed by atoms with Gasteiger partial charge in [-0.1, -0.05) is 17.7 Å². The van der Waals surface area contributed by atoms with E-state index in [1.807, 2.05) is 6.07 Å². The van der Waals surface area contributed by atoms with Crippen LogP contribution in [0.1, 0.15) is 17.0 Å². The molecule has 0 aliphatic rings. The van der Waals surface area contributed by atoms with Gasteiger partial charge in [0.25, 0.3) is 0 Å². The highest BCUT2D eigenvalue weighted by atomic mass is 35.5. The molecule has 2 heterocycles.